The van der Waals surface area contributed by atoms with Crippen LogP contribution in [0.5, 0.6) is 0 Å². The van der Waals surface area contributed by atoms with Crippen molar-refractivity contribution in [3.05, 3.63) is 29.3 Å². The van der Waals surface area contributed by atoms with E-state index in [0.717, 1.165) is 30.6 Å². The Morgan fingerprint density at radius 2 is 1.76 bits per heavy atom. The molecule has 2 heterocycles. The van der Waals surface area contributed by atoms with Crippen LogP contribution < -0.4 is 16.0 Å². The molecule has 5 amide bonds. The smallest absolute Gasteiger partial charge is 0.264 e. The summed E-state index contributed by atoms with van der Waals surface area (Å²) in [6, 6.07) is 3.63. The molecule has 11 nitrogen and oxygen atoms in total. The summed E-state index contributed by atoms with van der Waals surface area (Å²) < 4.78 is 10.9. The first-order chi connectivity index (χ1) is 17.9. The SMILES string of the molecule is O=C(CNc1cccc2c1C(=O)N(C1CCC(=O)NC1=O)C2=O)NCCOCCOCCCCCCCl. The van der Waals surface area contributed by atoms with Gasteiger partial charge in [0.25, 0.3) is 11.8 Å². The van der Waals surface area contributed by atoms with Crippen molar-refractivity contribution in [2.45, 2.75) is 44.6 Å². The third-order valence-electron chi connectivity index (χ3n) is 6.02. The predicted octanol–water partition coefficient (Wildman–Crippen LogP) is 1.45. The Morgan fingerprint density at radius 1 is 1.00 bits per heavy atom. The molecule has 0 saturated carbocycles. The number of carbonyl (C=O) groups excluding carboxylic acids is 5. The Labute approximate surface area is 220 Å². The van der Waals surface area contributed by atoms with Gasteiger partial charge in [0.1, 0.15) is 6.04 Å². The van der Waals surface area contributed by atoms with E-state index in [1.807, 2.05) is 0 Å². The molecule has 0 spiro atoms. The zero-order valence-corrected chi connectivity index (χ0v) is 21.4. The van der Waals surface area contributed by atoms with Gasteiger partial charge in [-0.3, -0.25) is 34.2 Å². The van der Waals surface area contributed by atoms with Crippen molar-refractivity contribution in [3.63, 3.8) is 0 Å². The van der Waals surface area contributed by atoms with Crippen molar-refractivity contribution in [2.75, 3.05) is 50.7 Å². The summed E-state index contributed by atoms with van der Waals surface area (Å²) in [4.78, 5) is 62.7. The summed E-state index contributed by atoms with van der Waals surface area (Å²) in [5, 5.41) is 7.78. The Bertz CT molecular complexity index is 1000. The molecule has 3 rings (SSSR count). The largest absolute Gasteiger partial charge is 0.379 e. The average molecular weight is 537 g/mol. The lowest BCUT2D eigenvalue weighted by Gasteiger charge is -2.27. The number of imide groups is 2. The maximum Gasteiger partial charge on any atom is 0.264 e. The minimum Gasteiger partial charge on any atom is -0.379 e. The molecule has 0 radical (unpaired) electrons. The first-order valence-corrected chi connectivity index (χ1v) is 13.0. The van der Waals surface area contributed by atoms with Crippen molar-refractivity contribution >= 4 is 46.8 Å². The van der Waals surface area contributed by atoms with Gasteiger partial charge < -0.3 is 20.1 Å². The number of hydrogen-bond donors (Lipinski definition) is 3. The molecule has 12 heteroatoms. The fraction of sp³-hybridized carbons (Fsp3) is 0.560. The van der Waals surface area contributed by atoms with Gasteiger partial charge in [0.15, 0.2) is 0 Å². The van der Waals surface area contributed by atoms with E-state index < -0.39 is 29.7 Å². The number of unbranched alkanes of at least 4 members (excludes halogenated alkanes) is 3. The molecule has 1 aromatic rings. The van der Waals surface area contributed by atoms with Crippen LogP contribution in [0.4, 0.5) is 5.69 Å². The molecule has 37 heavy (non-hydrogen) atoms. The van der Waals surface area contributed by atoms with Crippen LogP contribution in [0.2, 0.25) is 0 Å². The van der Waals surface area contributed by atoms with Gasteiger partial charge in [-0.1, -0.05) is 18.9 Å². The van der Waals surface area contributed by atoms with Crippen LogP contribution in [0.25, 0.3) is 0 Å². The van der Waals surface area contributed by atoms with Gasteiger partial charge in [0, 0.05) is 31.1 Å². The number of nitrogens with one attached hydrogen (secondary N) is 3. The number of rotatable bonds is 16. The molecular weight excluding hydrogens is 504 g/mol. The van der Waals surface area contributed by atoms with Gasteiger partial charge in [-0.15, -0.1) is 11.6 Å². The highest BCUT2D eigenvalue weighted by Gasteiger charge is 2.45. The highest BCUT2D eigenvalue weighted by atomic mass is 35.5. The number of anilines is 1. The van der Waals surface area contributed by atoms with Gasteiger partial charge in [0.05, 0.1) is 37.5 Å². The van der Waals surface area contributed by atoms with Crippen molar-refractivity contribution in [1.82, 2.24) is 15.5 Å². The quantitative estimate of drug-likeness (QED) is 0.164. The third-order valence-corrected chi connectivity index (χ3v) is 6.29. The van der Waals surface area contributed by atoms with E-state index in [2.05, 4.69) is 16.0 Å². The number of alkyl halides is 1. The average Bonchev–Trinajstić information content (AvgIpc) is 3.13. The summed E-state index contributed by atoms with van der Waals surface area (Å²) in [5.74, 6) is -1.96. The van der Waals surface area contributed by atoms with Crippen molar-refractivity contribution in [3.8, 4) is 0 Å². The maximum absolute atomic E-state index is 13.1. The summed E-state index contributed by atoms with van der Waals surface area (Å²) in [7, 11) is 0. The lowest BCUT2D eigenvalue weighted by molar-refractivity contribution is -0.136. The first kappa shape index (κ1) is 28.5. The standard InChI is InChI=1S/C25H33ClN4O7/c26-10-3-1-2-4-12-36-14-15-37-13-11-27-21(32)16-28-18-7-5-6-17-22(18)25(35)30(24(17)34)19-8-9-20(31)29-23(19)33/h5-7,19,28H,1-4,8-16H2,(H,27,32)(H,29,31,33). The number of benzene rings is 1. The van der Waals surface area contributed by atoms with Gasteiger partial charge in [0.2, 0.25) is 17.7 Å². The Morgan fingerprint density at radius 3 is 2.51 bits per heavy atom. The third kappa shape index (κ3) is 7.98. The summed E-state index contributed by atoms with van der Waals surface area (Å²) >= 11 is 5.64. The number of amides is 5. The van der Waals surface area contributed by atoms with Gasteiger partial charge in [-0.2, -0.15) is 0 Å². The second-order valence-electron chi connectivity index (χ2n) is 8.71. The molecule has 1 unspecified atom stereocenters. The Hall–Kier alpha value is -3.02. The number of carbonyl (C=O) groups is 5. The Balaban J connectivity index is 1.37. The molecule has 1 atom stereocenters. The molecule has 1 aromatic carbocycles. The summed E-state index contributed by atoms with van der Waals surface area (Å²) in [6.07, 6.45) is 4.35. The molecule has 202 valence electrons. The van der Waals surface area contributed by atoms with E-state index in [1.54, 1.807) is 12.1 Å². The van der Waals surface area contributed by atoms with Crippen LogP contribution in [0, 0.1) is 0 Å². The zero-order chi connectivity index (χ0) is 26.6. The van der Waals surface area contributed by atoms with Gasteiger partial charge >= 0.3 is 0 Å². The topological polar surface area (TPSA) is 143 Å². The lowest BCUT2D eigenvalue weighted by atomic mass is 10.0. The molecule has 3 N–H and O–H groups in total. The second kappa shape index (κ2) is 14.7. The van der Waals surface area contributed by atoms with E-state index in [0.29, 0.717) is 44.5 Å². The molecule has 1 fully saturated rings. The van der Waals surface area contributed by atoms with Crippen LogP contribution in [-0.2, 0) is 23.9 Å². The first-order valence-electron chi connectivity index (χ1n) is 12.5. The highest BCUT2D eigenvalue weighted by Crippen LogP contribution is 2.32. The van der Waals surface area contributed by atoms with Gasteiger partial charge in [-0.25, -0.2) is 0 Å². The predicted molar refractivity (Wildman–Crippen MR) is 135 cm³/mol. The zero-order valence-electron chi connectivity index (χ0n) is 20.7. The minimum absolute atomic E-state index is 0.0429. The van der Waals surface area contributed by atoms with Crippen molar-refractivity contribution in [1.29, 1.82) is 0 Å². The Kier molecular flexibility index (Phi) is 11.3. The fourth-order valence-corrected chi connectivity index (χ4v) is 4.33. The van der Waals surface area contributed by atoms with Gasteiger partial charge in [-0.05, 0) is 31.4 Å². The molecular formula is C25H33ClN4O7. The lowest BCUT2D eigenvalue weighted by Crippen LogP contribution is -2.54. The van der Waals surface area contributed by atoms with Crippen molar-refractivity contribution < 1.29 is 33.4 Å². The number of nitrogens with zero attached hydrogens (tertiary/aromatic N) is 1. The number of ether oxygens (including phenoxy) is 2. The summed E-state index contributed by atoms with van der Waals surface area (Å²) in [5.41, 5.74) is 0.565. The normalized spacial score (nSPS) is 17.1. The number of fused-ring (bicyclic) bond motifs is 1. The molecule has 2 aliphatic heterocycles. The van der Waals surface area contributed by atoms with Crippen LogP contribution in [0.15, 0.2) is 18.2 Å². The van der Waals surface area contributed by atoms with Crippen LogP contribution in [0.3, 0.4) is 0 Å². The minimum atomic E-state index is -1.05. The molecule has 0 aliphatic carbocycles. The van der Waals surface area contributed by atoms with Crippen molar-refractivity contribution in [2.24, 2.45) is 0 Å². The molecule has 2 aliphatic rings. The van der Waals surface area contributed by atoms with Crippen LogP contribution in [0.1, 0.15) is 59.2 Å². The summed E-state index contributed by atoms with van der Waals surface area (Å²) in [6.45, 7) is 2.14. The van der Waals surface area contributed by atoms with E-state index in [9.17, 15) is 24.0 Å². The van der Waals surface area contributed by atoms with E-state index in [4.69, 9.17) is 21.1 Å². The van der Waals surface area contributed by atoms with Crippen LogP contribution >= 0.6 is 11.6 Å². The second-order valence-corrected chi connectivity index (χ2v) is 9.08. The molecule has 0 bridgehead atoms. The fourth-order valence-electron chi connectivity index (χ4n) is 4.14. The molecule has 0 aromatic heterocycles. The highest BCUT2D eigenvalue weighted by molar-refractivity contribution is 6.25. The van der Waals surface area contributed by atoms with E-state index in [-0.39, 0.29) is 36.4 Å². The monoisotopic (exact) mass is 536 g/mol. The molecule has 1 saturated heterocycles. The van der Waals surface area contributed by atoms with E-state index in [1.165, 1.54) is 6.07 Å². The van der Waals surface area contributed by atoms with E-state index >= 15 is 0 Å². The maximum atomic E-state index is 13.1. The number of piperidine rings is 1. The number of hydrogen-bond acceptors (Lipinski definition) is 8. The number of halogens is 1. The van der Waals surface area contributed by atoms with Crippen LogP contribution in [-0.4, -0.2) is 85.9 Å².